The molecule has 1 atom stereocenters. The third-order valence-corrected chi connectivity index (χ3v) is 5.26. The first-order chi connectivity index (χ1) is 11.2. The fourth-order valence-corrected chi connectivity index (χ4v) is 3.66. The van der Waals surface area contributed by atoms with Crippen molar-refractivity contribution in [1.29, 1.82) is 0 Å². The van der Waals surface area contributed by atoms with Crippen LogP contribution in [0.3, 0.4) is 0 Å². The molecule has 1 aliphatic carbocycles. The van der Waals surface area contributed by atoms with Crippen molar-refractivity contribution in [2.75, 3.05) is 26.2 Å². The zero-order chi connectivity index (χ0) is 16.1. The molecule has 122 valence electrons. The van der Waals surface area contributed by atoms with E-state index in [0.29, 0.717) is 38.5 Å². The maximum absolute atomic E-state index is 12.3. The molecule has 1 aromatic heterocycles. The van der Waals surface area contributed by atoms with Gasteiger partial charge in [0, 0.05) is 43.6 Å². The average Bonchev–Trinajstić information content (AvgIpc) is 3.26. The molecule has 2 heterocycles. The second kappa shape index (κ2) is 7.59. The van der Waals surface area contributed by atoms with Crippen molar-refractivity contribution in [3.63, 3.8) is 0 Å². The monoisotopic (exact) mass is 330 g/mol. The molecular weight excluding hydrogens is 308 g/mol. The summed E-state index contributed by atoms with van der Waals surface area (Å²) in [4.78, 5) is 29.3. The Hall–Kier alpha value is -1.88. The number of carbonyl (C=O) groups excluding carboxylic acids is 2. The minimum absolute atomic E-state index is 0.0317. The van der Waals surface area contributed by atoms with Crippen molar-refractivity contribution >= 4 is 29.2 Å². The van der Waals surface area contributed by atoms with Gasteiger partial charge in [0.1, 0.15) is 0 Å². The highest BCUT2D eigenvalue weighted by Crippen LogP contribution is 2.21. The summed E-state index contributed by atoms with van der Waals surface area (Å²) < 4.78 is 0. The fraction of sp³-hybridized carbons (Fsp3) is 0.444. The van der Waals surface area contributed by atoms with E-state index in [2.05, 4.69) is 12.2 Å². The molecule has 0 radical (unpaired) electrons. The standard InChI is InChI=1S/C18H22N2O2S/c21-17(8-7-16-6-3-13-23-16)19-9-11-20(12-10-19)18(22)14-15-4-1-2-5-15/h1,3-4,6-8,13,15H,2,5,9-12,14H2/b8-7+/t15-/m0/s1. The number of carbonyl (C=O) groups is 2. The van der Waals surface area contributed by atoms with E-state index >= 15 is 0 Å². The first-order valence-electron chi connectivity index (χ1n) is 8.17. The molecule has 0 aromatic carbocycles. The van der Waals surface area contributed by atoms with Gasteiger partial charge in [0.05, 0.1) is 0 Å². The molecule has 4 nitrogen and oxygen atoms in total. The lowest BCUT2D eigenvalue weighted by Crippen LogP contribution is -2.50. The van der Waals surface area contributed by atoms with E-state index in [0.717, 1.165) is 17.7 Å². The van der Waals surface area contributed by atoms with Crippen LogP contribution in [0.2, 0.25) is 0 Å². The minimum Gasteiger partial charge on any atom is -0.339 e. The topological polar surface area (TPSA) is 40.6 Å². The van der Waals surface area contributed by atoms with Crippen molar-refractivity contribution in [2.24, 2.45) is 5.92 Å². The second-order valence-corrected chi connectivity index (χ2v) is 7.00. The average molecular weight is 330 g/mol. The molecule has 0 saturated carbocycles. The van der Waals surface area contributed by atoms with Crippen molar-refractivity contribution in [1.82, 2.24) is 9.80 Å². The summed E-state index contributed by atoms with van der Waals surface area (Å²) in [5.74, 6) is 0.669. The summed E-state index contributed by atoms with van der Waals surface area (Å²) >= 11 is 1.61. The molecule has 0 N–H and O–H groups in total. The van der Waals surface area contributed by atoms with Gasteiger partial charge in [-0.05, 0) is 36.3 Å². The molecule has 0 unspecified atom stereocenters. The summed E-state index contributed by atoms with van der Waals surface area (Å²) in [5, 5.41) is 1.99. The van der Waals surface area contributed by atoms with Crippen LogP contribution >= 0.6 is 11.3 Å². The molecule has 1 aliphatic heterocycles. The number of piperazine rings is 1. The quantitative estimate of drug-likeness (QED) is 0.629. The highest BCUT2D eigenvalue weighted by Gasteiger charge is 2.24. The third kappa shape index (κ3) is 4.32. The van der Waals surface area contributed by atoms with E-state index in [9.17, 15) is 9.59 Å². The molecule has 23 heavy (non-hydrogen) atoms. The molecule has 2 aliphatic rings. The van der Waals surface area contributed by atoms with Gasteiger partial charge in [-0.25, -0.2) is 0 Å². The molecular formula is C18H22N2O2S. The lowest BCUT2D eigenvalue weighted by atomic mass is 10.0. The van der Waals surface area contributed by atoms with Crippen LogP contribution in [0, 0.1) is 5.92 Å². The van der Waals surface area contributed by atoms with Crippen molar-refractivity contribution in [3.05, 3.63) is 40.6 Å². The number of allylic oxidation sites excluding steroid dienone is 2. The summed E-state index contributed by atoms with van der Waals surface area (Å²) in [7, 11) is 0. The Kier molecular flexibility index (Phi) is 5.28. The van der Waals surface area contributed by atoms with E-state index < -0.39 is 0 Å². The van der Waals surface area contributed by atoms with Gasteiger partial charge in [-0.3, -0.25) is 9.59 Å². The van der Waals surface area contributed by atoms with Gasteiger partial charge in [0.15, 0.2) is 0 Å². The highest BCUT2D eigenvalue weighted by molar-refractivity contribution is 7.10. The number of amides is 2. The lowest BCUT2D eigenvalue weighted by Gasteiger charge is -2.34. The molecule has 0 bridgehead atoms. The van der Waals surface area contributed by atoms with Crippen LogP contribution in [0.5, 0.6) is 0 Å². The maximum Gasteiger partial charge on any atom is 0.246 e. The van der Waals surface area contributed by atoms with Gasteiger partial charge in [0.2, 0.25) is 11.8 Å². The second-order valence-electron chi connectivity index (χ2n) is 6.02. The maximum atomic E-state index is 12.3. The molecule has 1 fully saturated rings. The molecule has 0 spiro atoms. The van der Waals surface area contributed by atoms with Crippen LogP contribution in [0.15, 0.2) is 35.7 Å². The van der Waals surface area contributed by atoms with E-state index in [1.807, 2.05) is 33.4 Å². The minimum atomic E-state index is 0.0317. The Balaban J connectivity index is 1.45. The Morgan fingerprint density at radius 3 is 2.65 bits per heavy atom. The normalized spacial score (nSPS) is 21.3. The molecule has 2 amide bonds. The van der Waals surface area contributed by atoms with Gasteiger partial charge < -0.3 is 9.80 Å². The largest absolute Gasteiger partial charge is 0.339 e. The van der Waals surface area contributed by atoms with Gasteiger partial charge in [-0.1, -0.05) is 18.2 Å². The zero-order valence-corrected chi connectivity index (χ0v) is 14.0. The molecule has 1 saturated heterocycles. The van der Waals surface area contributed by atoms with E-state index in [1.165, 1.54) is 0 Å². The van der Waals surface area contributed by atoms with E-state index in [-0.39, 0.29) is 11.8 Å². The van der Waals surface area contributed by atoms with E-state index in [4.69, 9.17) is 0 Å². The van der Waals surface area contributed by atoms with Crippen LogP contribution in [-0.2, 0) is 9.59 Å². The van der Waals surface area contributed by atoms with Crippen molar-refractivity contribution in [2.45, 2.75) is 19.3 Å². The summed E-state index contributed by atoms with van der Waals surface area (Å²) in [6.07, 6.45) is 10.6. The fourth-order valence-electron chi connectivity index (χ4n) is 3.04. The molecule has 5 heteroatoms. The number of rotatable bonds is 4. The lowest BCUT2D eigenvalue weighted by molar-refractivity contribution is -0.137. The first-order valence-corrected chi connectivity index (χ1v) is 9.05. The molecule has 3 rings (SSSR count). The number of hydrogen-bond acceptors (Lipinski definition) is 3. The van der Waals surface area contributed by atoms with Crippen LogP contribution < -0.4 is 0 Å². The summed E-state index contributed by atoms with van der Waals surface area (Å²) in [6, 6.07) is 3.96. The Bertz CT molecular complexity index is 599. The van der Waals surface area contributed by atoms with Crippen LogP contribution in [-0.4, -0.2) is 47.8 Å². The van der Waals surface area contributed by atoms with Gasteiger partial charge in [0.25, 0.3) is 0 Å². The predicted molar refractivity (Wildman–Crippen MR) is 93.0 cm³/mol. The summed E-state index contributed by atoms with van der Waals surface area (Å²) in [5.41, 5.74) is 0. The number of hydrogen-bond donors (Lipinski definition) is 0. The van der Waals surface area contributed by atoms with Crippen molar-refractivity contribution in [3.8, 4) is 0 Å². The van der Waals surface area contributed by atoms with Gasteiger partial charge >= 0.3 is 0 Å². The number of nitrogens with zero attached hydrogens (tertiary/aromatic N) is 2. The Labute approximate surface area is 141 Å². The third-order valence-electron chi connectivity index (χ3n) is 4.43. The number of thiophene rings is 1. The molecule has 1 aromatic rings. The smallest absolute Gasteiger partial charge is 0.246 e. The predicted octanol–water partition coefficient (Wildman–Crippen LogP) is 2.79. The van der Waals surface area contributed by atoms with Crippen LogP contribution in [0.25, 0.3) is 6.08 Å². The zero-order valence-electron chi connectivity index (χ0n) is 13.2. The van der Waals surface area contributed by atoms with Crippen molar-refractivity contribution < 1.29 is 9.59 Å². The van der Waals surface area contributed by atoms with Crippen LogP contribution in [0.1, 0.15) is 24.1 Å². The van der Waals surface area contributed by atoms with Crippen LogP contribution in [0.4, 0.5) is 0 Å². The summed E-state index contributed by atoms with van der Waals surface area (Å²) in [6.45, 7) is 2.54. The SMILES string of the molecule is O=C(/C=C/c1cccs1)N1CCN(C(=O)C[C@H]2C=CCC2)CC1. The Morgan fingerprint density at radius 2 is 2.00 bits per heavy atom. The first kappa shape index (κ1) is 16.0. The highest BCUT2D eigenvalue weighted by atomic mass is 32.1. The Morgan fingerprint density at radius 1 is 1.22 bits per heavy atom. The van der Waals surface area contributed by atoms with Gasteiger partial charge in [-0.2, -0.15) is 0 Å². The van der Waals surface area contributed by atoms with E-state index in [1.54, 1.807) is 17.4 Å². The van der Waals surface area contributed by atoms with Gasteiger partial charge in [-0.15, -0.1) is 11.3 Å².